The predicted molar refractivity (Wildman–Crippen MR) is 95.1 cm³/mol. The van der Waals surface area contributed by atoms with Crippen molar-refractivity contribution in [3.8, 4) is 11.3 Å². The fourth-order valence-electron chi connectivity index (χ4n) is 3.27. The molecule has 0 aliphatic heterocycles. The van der Waals surface area contributed by atoms with Crippen LogP contribution in [-0.2, 0) is 0 Å². The zero-order chi connectivity index (χ0) is 20.6. The molecule has 23 heavy (non-hydrogen) atoms. The Morgan fingerprint density at radius 2 is 1.83 bits per heavy atom. The molecule has 0 aliphatic carbocycles. The fraction of sp³-hybridized carbons (Fsp3) is 0.0952. The molecule has 0 aliphatic rings. The number of hydrogen-bond donors (Lipinski definition) is 0. The Bertz CT molecular complexity index is 1380. The van der Waals surface area contributed by atoms with Crippen LogP contribution >= 0.6 is 0 Å². The molecule has 0 atom stereocenters. The highest BCUT2D eigenvalue weighted by molar-refractivity contribution is 6.24. The highest BCUT2D eigenvalue weighted by Crippen LogP contribution is 2.40. The maximum absolute atomic E-state index is 7.80. The second-order valence-electron chi connectivity index (χ2n) is 5.67. The quantitative estimate of drug-likeness (QED) is 0.363. The van der Waals surface area contributed by atoms with Crippen molar-refractivity contribution in [1.82, 2.24) is 4.98 Å². The number of aromatic nitrogens is 1. The van der Waals surface area contributed by atoms with Crippen molar-refractivity contribution in [3.63, 3.8) is 0 Å². The van der Waals surface area contributed by atoms with Gasteiger partial charge in [-0.15, -0.1) is 0 Å². The van der Waals surface area contributed by atoms with Gasteiger partial charge in [-0.2, -0.15) is 0 Å². The van der Waals surface area contributed by atoms with Crippen molar-refractivity contribution in [3.05, 3.63) is 65.9 Å². The number of nitrogens with zero attached hydrogens (tertiary/aromatic N) is 1. The van der Waals surface area contributed by atoms with Crippen LogP contribution in [0, 0.1) is 13.7 Å². The zero-order valence-corrected chi connectivity index (χ0v) is 12.1. The van der Waals surface area contributed by atoms with Crippen LogP contribution in [0.5, 0.6) is 0 Å². The minimum Gasteiger partial charge on any atom is -0.456 e. The van der Waals surface area contributed by atoms with Gasteiger partial charge in [-0.05, 0) is 59.9 Å². The number of furan rings is 1. The lowest BCUT2D eigenvalue weighted by Gasteiger charge is -2.09. The Hall–Kier alpha value is -2.87. The van der Waals surface area contributed by atoms with Crippen molar-refractivity contribution in [1.29, 1.82) is 0 Å². The molecule has 5 aromatic rings. The van der Waals surface area contributed by atoms with Crippen molar-refractivity contribution in [2.45, 2.75) is 13.7 Å². The second kappa shape index (κ2) is 4.32. The maximum atomic E-state index is 7.80. The topological polar surface area (TPSA) is 26.0 Å². The average molecular weight is 303 g/mol. The third kappa shape index (κ3) is 1.66. The second-order valence-corrected chi connectivity index (χ2v) is 5.67. The molecule has 5 rings (SSSR count). The van der Waals surface area contributed by atoms with E-state index in [1.165, 1.54) is 6.07 Å². The Morgan fingerprint density at radius 3 is 2.74 bits per heavy atom. The van der Waals surface area contributed by atoms with Crippen LogP contribution in [0.1, 0.15) is 19.4 Å². The molecule has 0 saturated heterocycles. The third-order valence-electron chi connectivity index (χ3n) is 4.35. The van der Waals surface area contributed by atoms with Gasteiger partial charge in [-0.25, -0.2) is 0 Å². The Balaban J connectivity index is 1.82. The number of rotatable bonds is 1. The van der Waals surface area contributed by atoms with E-state index in [-0.39, 0.29) is 11.1 Å². The highest BCUT2D eigenvalue weighted by Gasteiger charge is 2.16. The van der Waals surface area contributed by atoms with Gasteiger partial charge >= 0.3 is 0 Å². The van der Waals surface area contributed by atoms with Crippen LogP contribution in [0.4, 0.5) is 0 Å². The molecule has 0 spiro atoms. The minimum atomic E-state index is -2.56. The van der Waals surface area contributed by atoms with Gasteiger partial charge in [0.25, 0.3) is 0 Å². The average Bonchev–Trinajstić information content (AvgIpc) is 3.04. The van der Waals surface area contributed by atoms with E-state index in [9.17, 15) is 0 Å². The summed E-state index contributed by atoms with van der Waals surface area (Å²) in [5, 5.41) is 3.90. The van der Waals surface area contributed by atoms with Crippen LogP contribution in [0.3, 0.4) is 0 Å². The van der Waals surface area contributed by atoms with Crippen molar-refractivity contribution >= 4 is 32.7 Å². The molecule has 2 aromatic heterocycles. The Kier molecular flexibility index (Phi) is 1.53. The van der Waals surface area contributed by atoms with Gasteiger partial charge in [0.05, 0.1) is 5.69 Å². The molecular formula is C21H15NO. The predicted octanol–water partition coefficient (Wildman–Crippen LogP) is 5.86. The first-order chi connectivity index (χ1) is 13.6. The molecule has 3 aromatic carbocycles. The molecule has 0 fully saturated rings. The summed E-state index contributed by atoms with van der Waals surface area (Å²) in [4.78, 5) is 4.32. The lowest BCUT2D eigenvalue weighted by atomic mass is 9.96. The van der Waals surface area contributed by atoms with E-state index in [0.717, 1.165) is 44.5 Å². The van der Waals surface area contributed by atoms with Crippen LogP contribution in [-0.4, -0.2) is 4.98 Å². The summed E-state index contributed by atoms with van der Waals surface area (Å²) in [6, 6.07) is 14.9. The molecule has 2 nitrogen and oxygen atoms in total. The van der Waals surface area contributed by atoms with Crippen LogP contribution in [0.15, 0.2) is 59.1 Å². The standard InChI is InChI=1S/C21H15NO/c1-12-10-17(22-11-13(12)2)15-8-9-19-21-16(15)7-6-14-4-3-5-18(23-19)20(14)21/h3-11H,1-2H3/i1D3,2D3. The lowest BCUT2D eigenvalue weighted by Crippen LogP contribution is -1.89. The molecule has 0 saturated carbocycles. The largest absolute Gasteiger partial charge is 0.456 e. The van der Waals surface area contributed by atoms with E-state index in [2.05, 4.69) is 4.98 Å². The monoisotopic (exact) mass is 303 g/mol. The normalized spacial score (nSPS) is 16.9. The number of pyridine rings is 1. The summed E-state index contributed by atoms with van der Waals surface area (Å²) in [6.45, 7) is -5.11. The molecule has 2 heteroatoms. The summed E-state index contributed by atoms with van der Waals surface area (Å²) in [5.41, 5.74) is 2.22. The van der Waals surface area contributed by atoms with Gasteiger partial charge in [0.2, 0.25) is 0 Å². The summed E-state index contributed by atoms with van der Waals surface area (Å²) in [7, 11) is 0. The van der Waals surface area contributed by atoms with Gasteiger partial charge in [0.15, 0.2) is 0 Å². The molecule has 0 bridgehead atoms. The van der Waals surface area contributed by atoms with Crippen molar-refractivity contribution < 1.29 is 12.6 Å². The van der Waals surface area contributed by atoms with Crippen LogP contribution in [0.25, 0.3) is 44.0 Å². The Morgan fingerprint density at radius 1 is 0.913 bits per heavy atom. The summed E-state index contributed by atoms with van der Waals surface area (Å²) in [6.07, 6.45) is 1.16. The van der Waals surface area contributed by atoms with E-state index >= 15 is 0 Å². The van der Waals surface area contributed by atoms with E-state index in [4.69, 9.17) is 12.6 Å². The number of hydrogen-bond acceptors (Lipinski definition) is 2. The number of aryl methyl sites for hydroxylation is 2. The van der Waals surface area contributed by atoms with Crippen LogP contribution < -0.4 is 0 Å². The SMILES string of the molecule is [2H]C([2H])([2H])c1cnc(-c2ccc3oc4cccc5ccc2c3c54)cc1C([2H])([2H])[2H]. The molecule has 0 N–H and O–H groups in total. The minimum absolute atomic E-state index is 0.202. The van der Waals surface area contributed by atoms with E-state index in [0.29, 0.717) is 5.69 Å². The molecule has 2 heterocycles. The highest BCUT2D eigenvalue weighted by atomic mass is 16.3. The third-order valence-corrected chi connectivity index (χ3v) is 4.35. The summed E-state index contributed by atoms with van der Waals surface area (Å²) in [5.74, 6) is 0. The van der Waals surface area contributed by atoms with Gasteiger partial charge in [0.1, 0.15) is 11.2 Å². The smallest absolute Gasteiger partial charge is 0.136 e. The van der Waals surface area contributed by atoms with E-state index in [1.807, 2.05) is 42.5 Å². The van der Waals surface area contributed by atoms with Gasteiger partial charge < -0.3 is 4.42 Å². The lowest BCUT2D eigenvalue weighted by molar-refractivity contribution is 0.669. The first-order valence-corrected chi connectivity index (χ1v) is 7.32. The number of benzene rings is 3. The Labute approximate surface area is 142 Å². The fourth-order valence-corrected chi connectivity index (χ4v) is 3.27. The first kappa shape index (κ1) is 8.11. The molecule has 0 unspecified atom stereocenters. The van der Waals surface area contributed by atoms with Crippen molar-refractivity contribution in [2.24, 2.45) is 0 Å². The van der Waals surface area contributed by atoms with E-state index < -0.39 is 13.7 Å². The maximum Gasteiger partial charge on any atom is 0.136 e. The van der Waals surface area contributed by atoms with Gasteiger partial charge in [-0.3, -0.25) is 4.98 Å². The zero-order valence-electron chi connectivity index (χ0n) is 18.1. The van der Waals surface area contributed by atoms with Gasteiger partial charge in [0, 0.05) is 30.8 Å². The molecule has 110 valence electrons. The van der Waals surface area contributed by atoms with Crippen molar-refractivity contribution in [2.75, 3.05) is 0 Å². The summed E-state index contributed by atoms with van der Waals surface area (Å²) >= 11 is 0. The van der Waals surface area contributed by atoms with E-state index in [1.54, 1.807) is 0 Å². The first-order valence-electron chi connectivity index (χ1n) is 10.3. The summed E-state index contributed by atoms with van der Waals surface area (Å²) < 4.78 is 52.3. The molecule has 0 amide bonds. The van der Waals surface area contributed by atoms with Gasteiger partial charge in [-0.1, -0.05) is 24.3 Å². The van der Waals surface area contributed by atoms with Crippen LogP contribution in [0.2, 0.25) is 0 Å². The molecule has 0 radical (unpaired) electrons. The molecular weight excluding hydrogens is 282 g/mol.